The van der Waals surface area contributed by atoms with Gasteiger partial charge in [0.25, 0.3) is 0 Å². The Bertz CT molecular complexity index is 513. The van der Waals surface area contributed by atoms with Gasteiger partial charge in [-0.1, -0.05) is 61.2 Å². The number of nitrogens with one attached hydrogen (secondary N) is 1. The van der Waals surface area contributed by atoms with Crippen molar-refractivity contribution in [2.75, 3.05) is 12.5 Å². The molecule has 0 heterocycles. The number of thioether (sulfide) groups is 1. The van der Waals surface area contributed by atoms with Gasteiger partial charge in [-0.15, -0.1) is 0 Å². The summed E-state index contributed by atoms with van der Waals surface area (Å²) in [5.74, 6) is 0.678. The molecule has 3 heteroatoms. The van der Waals surface area contributed by atoms with Crippen LogP contribution in [0, 0.1) is 0 Å². The third kappa shape index (κ3) is 5.54. The van der Waals surface area contributed by atoms with Crippen LogP contribution in [0.4, 0.5) is 0 Å². The molecule has 0 spiro atoms. The summed E-state index contributed by atoms with van der Waals surface area (Å²) >= 11 is 1.73. The lowest BCUT2D eigenvalue weighted by molar-refractivity contribution is 0.169. The molecule has 0 aliphatic rings. The van der Waals surface area contributed by atoms with E-state index in [1.54, 1.807) is 11.8 Å². The fourth-order valence-electron chi connectivity index (χ4n) is 2.12. The van der Waals surface area contributed by atoms with Crippen molar-refractivity contribution in [2.24, 2.45) is 0 Å². The van der Waals surface area contributed by atoms with E-state index in [1.165, 1.54) is 16.0 Å². The van der Waals surface area contributed by atoms with Crippen molar-refractivity contribution < 1.29 is 4.74 Å². The van der Waals surface area contributed by atoms with E-state index in [2.05, 4.69) is 55.6 Å². The van der Waals surface area contributed by atoms with E-state index in [9.17, 15) is 0 Å². The third-order valence-corrected chi connectivity index (χ3v) is 4.20. The van der Waals surface area contributed by atoms with E-state index in [4.69, 9.17) is 4.74 Å². The highest BCUT2D eigenvalue weighted by Gasteiger charge is 2.03. The Balaban J connectivity index is 1.73. The van der Waals surface area contributed by atoms with Crippen LogP contribution in [0.15, 0.2) is 59.5 Å². The highest BCUT2D eigenvalue weighted by Crippen LogP contribution is 2.21. The number of benzene rings is 2. The SMILES string of the molecule is CCNC(C)c1ccc(SCOCc2ccccc2)cc1. The van der Waals surface area contributed by atoms with E-state index < -0.39 is 0 Å². The summed E-state index contributed by atoms with van der Waals surface area (Å²) in [6.07, 6.45) is 0. The topological polar surface area (TPSA) is 21.3 Å². The lowest BCUT2D eigenvalue weighted by Gasteiger charge is -2.13. The Hall–Kier alpha value is -1.29. The van der Waals surface area contributed by atoms with Gasteiger partial charge in [0.05, 0.1) is 12.5 Å². The highest BCUT2D eigenvalue weighted by molar-refractivity contribution is 7.99. The normalized spacial score (nSPS) is 12.3. The molecule has 1 N–H and O–H groups in total. The van der Waals surface area contributed by atoms with Crippen molar-refractivity contribution in [3.8, 4) is 0 Å². The Morgan fingerprint density at radius 3 is 2.43 bits per heavy atom. The molecule has 0 radical (unpaired) electrons. The van der Waals surface area contributed by atoms with Gasteiger partial charge < -0.3 is 10.1 Å². The quantitative estimate of drug-likeness (QED) is 0.436. The van der Waals surface area contributed by atoms with Gasteiger partial charge in [-0.25, -0.2) is 0 Å². The number of ether oxygens (including phenoxy) is 1. The first kappa shape index (κ1) is 16.1. The van der Waals surface area contributed by atoms with Gasteiger partial charge in [-0.3, -0.25) is 0 Å². The van der Waals surface area contributed by atoms with Crippen LogP contribution < -0.4 is 5.32 Å². The maximum absolute atomic E-state index is 5.69. The van der Waals surface area contributed by atoms with E-state index in [0.717, 1.165) is 6.54 Å². The lowest BCUT2D eigenvalue weighted by Crippen LogP contribution is -2.17. The van der Waals surface area contributed by atoms with Crippen molar-refractivity contribution in [3.05, 3.63) is 65.7 Å². The molecule has 2 nitrogen and oxygen atoms in total. The van der Waals surface area contributed by atoms with Crippen molar-refractivity contribution in [2.45, 2.75) is 31.4 Å². The number of hydrogen-bond donors (Lipinski definition) is 1. The van der Waals surface area contributed by atoms with Gasteiger partial charge in [-0.05, 0) is 36.7 Å². The summed E-state index contributed by atoms with van der Waals surface area (Å²) in [5.41, 5.74) is 2.54. The first-order chi connectivity index (χ1) is 10.3. The fourth-order valence-corrected chi connectivity index (χ4v) is 2.75. The smallest absolute Gasteiger partial charge is 0.0971 e. The van der Waals surface area contributed by atoms with Crippen LogP contribution in [-0.2, 0) is 11.3 Å². The molecule has 0 aliphatic carbocycles. The number of hydrogen-bond acceptors (Lipinski definition) is 3. The molecule has 0 bridgehead atoms. The van der Waals surface area contributed by atoms with Crippen molar-refractivity contribution in [1.82, 2.24) is 5.32 Å². The summed E-state index contributed by atoms with van der Waals surface area (Å²) in [7, 11) is 0. The van der Waals surface area contributed by atoms with E-state index >= 15 is 0 Å². The van der Waals surface area contributed by atoms with Crippen LogP contribution in [0.3, 0.4) is 0 Å². The van der Waals surface area contributed by atoms with Crippen LogP contribution in [-0.4, -0.2) is 12.5 Å². The Morgan fingerprint density at radius 2 is 1.76 bits per heavy atom. The minimum absolute atomic E-state index is 0.406. The Kier molecular flexibility index (Phi) is 6.80. The molecule has 112 valence electrons. The Morgan fingerprint density at radius 1 is 1.05 bits per heavy atom. The summed E-state index contributed by atoms with van der Waals surface area (Å²) in [5, 5.41) is 3.42. The second-order valence-corrected chi connectivity index (χ2v) is 5.94. The maximum Gasteiger partial charge on any atom is 0.0971 e. The zero-order valence-corrected chi connectivity index (χ0v) is 13.5. The largest absolute Gasteiger partial charge is 0.366 e. The molecule has 1 atom stereocenters. The second-order valence-electron chi connectivity index (χ2n) is 4.94. The van der Waals surface area contributed by atoms with Crippen LogP contribution in [0.1, 0.15) is 31.0 Å². The molecule has 0 aliphatic heterocycles. The van der Waals surface area contributed by atoms with Crippen LogP contribution in [0.2, 0.25) is 0 Å². The van der Waals surface area contributed by atoms with Gasteiger partial charge in [0.15, 0.2) is 0 Å². The molecule has 0 saturated carbocycles. The molecule has 2 rings (SSSR count). The molecular weight excluding hydrogens is 278 g/mol. The zero-order chi connectivity index (χ0) is 14.9. The zero-order valence-electron chi connectivity index (χ0n) is 12.7. The molecular formula is C18H23NOS. The van der Waals surface area contributed by atoms with Crippen LogP contribution >= 0.6 is 11.8 Å². The predicted molar refractivity (Wildman–Crippen MR) is 90.5 cm³/mol. The average molecular weight is 301 g/mol. The molecule has 0 fully saturated rings. The van der Waals surface area contributed by atoms with Crippen molar-refractivity contribution in [1.29, 1.82) is 0 Å². The molecule has 2 aromatic rings. The molecule has 1 unspecified atom stereocenters. The minimum atomic E-state index is 0.406. The summed E-state index contributed by atoms with van der Waals surface area (Å²) in [4.78, 5) is 1.25. The van der Waals surface area contributed by atoms with Gasteiger partial charge >= 0.3 is 0 Å². The Labute approximate surface area is 131 Å². The molecule has 0 saturated heterocycles. The monoisotopic (exact) mass is 301 g/mol. The minimum Gasteiger partial charge on any atom is -0.366 e. The summed E-state index contributed by atoms with van der Waals surface area (Å²) < 4.78 is 5.69. The third-order valence-electron chi connectivity index (χ3n) is 3.31. The van der Waals surface area contributed by atoms with Gasteiger partial charge in [-0.2, -0.15) is 0 Å². The standard InChI is InChI=1S/C18H23NOS/c1-3-19-15(2)17-9-11-18(12-10-17)21-14-20-13-16-7-5-4-6-8-16/h4-12,15,19H,3,13-14H2,1-2H3. The first-order valence-corrected chi connectivity index (χ1v) is 8.36. The maximum atomic E-state index is 5.69. The molecule has 21 heavy (non-hydrogen) atoms. The van der Waals surface area contributed by atoms with Crippen molar-refractivity contribution >= 4 is 11.8 Å². The van der Waals surface area contributed by atoms with E-state index in [-0.39, 0.29) is 0 Å². The predicted octanol–water partition coefficient (Wildman–Crippen LogP) is 4.62. The lowest BCUT2D eigenvalue weighted by atomic mass is 10.1. The van der Waals surface area contributed by atoms with E-state index in [1.807, 2.05) is 18.2 Å². The average Bonchev–Trinajstić information content (AvgIpc) is 2.53. The van der Waals surface area contributed by atoms with Gasteiger partial charge in [0.1, 0.15) is 0 Å². The molecule has 0 aromatic heterocycles. The van der Waals surface area contributed by atoms with Crippen LogP contribution in [0.25, 0.3) is 0 Å². The first-order valence-electron chi connectivity index (χ1n) is 7.37. The van der Waals surface area contributed by atoms with Gasteiger partial charge in [0, 0.05) is 10.9 Å². The molecule has 2 aromatic carbocycles. The van der Waals surface area contributed by atoms with E-state index in [0.29, 0.717) is 18.6 Å². The highest BCUT2D eigenvalue weighted by atomic mass is 32.2. The number of rotatable bonds is 8. The second kappa shape index (κ2) is 8.88. The fraction of sp³-hybridized carbons (Fsp3) is 0.333. The molecule has 0 amide bonds. The van der Waals surface area contributed by atoms with Crippen LogP contribution in [0.5, 0.6) is 0 Å². The summed E-state index contributed by atoms with van der Waals surface area (Å²) in [6.45, 7) is 5.98. The van der Waals surface area contributed by atoms with Crippen molar-refractivity contribution in [3.63, 3.8) is 0 Å². The van der Waals surface area contributed by atoms with Gasteiger partial charge in [0.2, 0.25) is 0 Å². The summed E-state index contributed by atoms with van der Waals surface area (Å²) in [6, 6.07) is 19.4.